The Morgan fingerprint density at radius 3 is 2.67 bits per heavy atom. The highest BCUT2D eigenvalue weighted by atomic mass is 19.1. The number of halogens is 1. The standard InChI is InChI=1S/C22H24FN3O/c23-18-7-5-17(6-8-18)20-19-4-2-1-3-16(19)9-14-26(20)21-25-15-22(27-21)10-12-24-13-11-22/h1-8,20,24H,9-15H2. The fourth-order valence-corrected chi connectivity index (χ4v) is 4.54. The van der Waals surface area contributed by atoms with Gasteiger partial charge in [-0.25, -0.2) is 9.38 Å². The van der Waals surface area contributed by atoms with Crippen LogP contribution in [0.1, 0.15) is 35.6 Å². The largest absolute Gasteiger partial charge is 0.456 e. The van der Waals surface area contributed by atoms with Crippen LogP contribution in [0.4, 0.5) is 4.39 Å². The average molecular weight is 365 g/mol. The second-order valence-corrected chi connectivity index (χ2v) is 7.73. The van der Waals surface area contributed by atoms with Gasteiger partial charge in [-0.05, 0) is 48.3 Å². The monoisotopic (exact) mass is 365 g/mol. The fourth-order valence-electron chi connectivity index (χ4n) is 4.54. The van der Waals surface area contributed by atoms with Gasteiger partial charge in [-0.2, -0.15) is 0 Å². The highest BCUT2D eigenvalue weighted by Crippen LogP contribution is 2.38. The van der Waals surface area contributed by atoms with E-state index in [9.17, 15) is 4.39 Å². The van der Waals surface area contributed by atoms with E-state index in [1.165, 1.54) is 23.3 Å². The summed E-state index contributed by atoms with van der Waals surface area (Å²) in [7, 11) is 0. The number of hydrogen-bond acceptors (Lipinski definition) is 4. The number of nitrogens with one attached hydrogen (secondary N) is 1. The molecule has 4 nitrogen and oxygen atoms in total. The van der Waals surface area contributed by atoms with E-state index in [4.69, 9.17) is 9.73 Å². The Kier molecular flexibility index (Phi) is 4.12. The smallest absolute Gasteiger partial charge is 0.288 e. The summed E-state index contributed by atoms with van der Waals surface area (Å²) in [5.74, 6) is -0.211. The van der Waals surface area contributed by atoms with Crippen molar-refractivity contribution < 1.29 is 9.13 Å². The molecule has 0 aliphatic carbocycles. The van der Waals surface area contributed by atoms with Crippen molar-refractivity contribution in [2.45, 2.75) is 30.9 Å². The van der Waals surface area contributed by atoms with Crippen molar-refractivity contribution in [1.29, 1.82) is 0 Å². The van der Waals surface area contributed by atoms with Gasteiger partial charge in [0.05, 0.1) is 12.6 Å². The Morgan fingerprint density at radius 1 is 1.07 bits per heavy atom. The first-order valence-electron chi connectivity index (χ1n) is 9.78. The van der Waals surface area contributed by atoms with Gasteiger partial charge >= 0.3 is 0 Å². The summed E-state index contributed by atoms with van der Waals surface area (Å²) < 4.78 is 20.0. The molecule has 2 aromatic rings. The molecule has 3 aliphatic rings. The van der Waals surface area contributed by atoms with Crippen molar-refractivity contribution in [1.82, 2.24) is 10.2 Å². The summed E-state index contributed by atoms with van der Waals surface area (Å²) in [5.41, 5.74) is 3.53. The van der Waals surface area contributed by atoms with Crippen molar-refractivity contribution in [2.24, 2.45) is 4.99 Å². The predicted molar refractivity (Wildman–Crippen MR) is 103 cm³/mol. The molecule has 1 fully saturated rings. The third-order valence-electron chi connectivity index (χ3n) is 6.04. The molecule has 1 unspecified atom stereocenters. The highest BCUT2D eigenvalue weighted by molar-refractivity contribution is 5.78. The number of amidine groups is 1. The minimum Gasteiger partial charge on any atom is -0.456 e. The Labute approximate surface area is 159 Å². The topological polar surface area (TPSA) is 36.9 Å². The lowest BCUT2D eigenvalue weighted by atomic mass is 9.88. The number of hydrogen-bond donors (Lipinski definition) is 1. The summed E-state index contributed by atoms with van der Waals surface area (Å²) >= 11 is 0. The van der Waals surface area contributed by atoms with Crippen molar-refractivity contribution in [3.63, 3.8) is 0 Å². The highest BCUT2D eigenvalue weighted by Gasteiger charge is 2.43. The Morgan fingerprint density at radius 2 is 1.85 bits per heavy atom. The van der Waals surface area contributed by atoms with Gasteiger partial charge in [0.1, 0.15) is 11.4 Å². The average Bonchev–Trinajstić information content (AvgIpc) is 3.11. The first kappa shape index (κ1) is 16.8. The van der Waals surface area contributed by atoms with Crippen LogP contribution in [-0.4, -0.2) is 42.7 Å². The van der Waals surface area contributed by atoms with Gasteiger partial charge in [0.15, 0.2) is 0 Å². The predicted octanol–water partition coefficient (Wildman–Crippen LogP) is 3.28. The molecule has 3 aliphatic heterocycles. The summed E-state index contributed by atoms with van der Waals surface area (Å²) in [6.45, 7) is 3.55. The van der Waals surface area contributed by atoms with Gasteiger partial charge in [0.25, 0.3) is 6.02 Å². The Balaban J connectivity index is 1.50. The molecule has 2 aromatic carbocycles. The van der Waals surface area contributed by atoms with E-state index in [0.29, 0.717) is 0 Å². The molecule has 0 amide bonds. The van der Waals surface area contributed by atoms with E-state index in [-0.39, 0.29) is 17.5 Å². The Hall–Kier alpha value is -2.40. The van der Waals surface area contributed by atoms with Gasteiger partial charge in [0.2, 0.25) is 0 Å². The van der Waals surface area contributed by atoms with Crippen LogP contribution in [0.25, 0.3) is 0 Å². The van der Waals surface area contributed by atoms with Crippen molar-refractivity contribution in [3.05, 3.63) is 71.0 Å². The van der Waals surface area contributed by atoms with Crippen LogP contribution >= 0.6 is 0 Å². The van der Waals surface area contributed by atoms with Crippen molar-refractivity contribution in [3.8, 4) is 0 Å². The lowest BCUT2D eigenvalue weighted by Gasteiger charge is -2.40. The third kappa shape index (κ3) is 3.00. The number of fused-ring (bicyclic) bond motifs is 1. The molecular formula is C22H24FN3O. The summed E-state index contributed by atoms with van der Waals surface area (Å²) in [5, 5.41) is 3.40. The van der Waals surface area contributed by atoms with E-state index in [2.05, 4.69) is 34.5 Å². The molecule has 1 saturated heterocycles. The van der Waals surface area contributed by atoms with Crippen LogP contribution in [0.15, 0.2) is 53.5 Å². The minimum absolute atomic E-state index is 0.00571. The summed E-state index contributed by atoms with van der Waals surface area (Å²) in [6.07, 6.45) is 2.95. The van der Waals surface area contributed by atoms with Gasteiger partial charge < -0.3 is 15.0 Å². The molecule has 3 heterocycles. The molecule has 5 rings (SSSR count). The number of rotatable bonds is 1. The van der Waals surface area contributed by atoms with E-state index in [1.807, 2.05) is 12.1 Å². The van der Waals surface area contributed by atoms with E-state index in [1.54, 1.807) is 0 Å². The van der Waals surface area contributed by atoms with Crippen molar-refractivity contribution >= 4 is 6.02 Å². The maximum absolute atomic E-state index is 13.5. The van der Waals surface area contributed by atoms with Crippen LogP contribution in [0, 0.1) is 5.82 Å². The number of nitrogens with zero attached hydrogens (tertiary/aromatic N) is 2. The maximum atomic E-state index is 13.5. The zero-order valence-corrected chi connectivity index (χ0v) is 15.3. The van der Waals surface area contributed by atoms with E-state index in [0.717, 1.165) is 57.0 Å². The number of benzene rings is 2. The van der Waals surface area contributed by atoms with Crippen LogP contribution in [0.5, 0.6) is 0 Å². The molecule has 0 radical (unpaired) electrons. The number of aliphatic imine (C=N–C) groups is 1. The van der Waals surface area contributed by atoms with Crippen LogP contribution in [-0.2, 0) is 11.2 Å². The van der Waals surface area contributed by atoms with E-state index < -0.39 is 0 Å². The molecule has 1 N–H and O–H groups in total. The SMILES string of the molecule is Fc1ccc(C2c3ccccc3CCN2C2=NCC3(CCNCC3)O2)cc1. The zero-order chi connectivity index (χ0) is 18.3. The maximum Gasteiger partial charge on any atom is 0.288 e. The second-order valence-electron chi connectivity index (χ2n) is 7.73. The molecule has 0 saturated carbocycles. The fraction of sp³-hybridized carbons (Fsp3) is 0.409. The van der Waals surface area contributed by atoms with Crippen LogP contribution < -0.4 is 5.32 Å². The quantitative estimate of drug-likeness (QED) is 0.843. The normalized spacial score (nSPS) is 23.7. The molecule has 140 valence electrons. The van der Waals surface area contributed by atoms with Gasteiger partial charge in [-0.3, -0.25) is 0 Å². The van der Waals surface area contributed by atoms with Gasteiger partial charge in [0, 0.05) is 19.4 Å². The summed E-state index contributed by atoms with van der Waals surface area (Å²) in [4.78, 5) is 7.09. The second kappa shape index (κ2) is 6.64. The Bertz CT molecular complexity index is 858. The molecule has 0 bridgehead atoms. The van der Waals surface area contributed by atoms with Crippen LogP contribution in [0.2, 0.25) is 0 Å². The number of piperidine rings is 1. The minimum atomic E-state index is -0.211. The first-order chi connectivity index (χ1) is 13.2. The number of ether oxygens (including phenoxy) is 1. The molecule has 27 heavy (non-hydrogen) atoms. The van der Waals surface area contributed by atoms with Crippen LogP contribution in [0.3, 0.4) is 0 Å². The summed E-state index contributed by atoms with van der Waals surface area (Å²) in [6, 6.07) is 16.1. The lowest BCUT2D eigenvalue weighted by Crippen LogP contribution is -2.47. The van der Waals surface area contributed by atoms with Gasteiger partial charge in [-0.15, -0.1) is 0 Å². The molecular weight excluding hydrogens is 341 g/mol. The first-order valence-corrected chi connectivity index (χ1v) is 9.78. The molecule has 1 spiro atoms. The third-order valence-corrected chi connectivity index (χ3v) is 6.04. The molecule has 0 aromatic heterocycles. The molecule has 5 heteroatoms. The van der Waals surface area contributed by atoms with Gasteiger partial charge in [-0.1, -0.05) is 36.4 Å². The van der Waals surface area contributed by atoms with E-state index >= 15 is 0 Å². The molecule has 1 atom stereocenters. The lowest BCUT2D eigenvalue weighted by molar-refractivity contribution is 0.0345. The zero-order valence-electron chi connectivity index (χ0n) is 15.3. The van der Waals surface area contributed by atoms with Crippen molar-refractivity contribution in [2.75, 3.05) is 26.2 Å².